The molecule has 4 heteroatoms. The van der Waals surface area contributed by atoms with Crippen molar-refractivity contribution >= 4 is 17.3 Å². The number of hydrogen-bond acceptors (Lipinski definition) is 3. The van der Waals surface area contributed by atoms with Crippen LogP contribution in [0.1, 0.15) is 23.7 Å². The number of nitrogens with two attached hydrogens (primary N) is 2. The molecule has 0 aliphatic heterocycles. The van der Waals surface area contributed by atoms with Crippen LogP contribution in [0.3, 0.4) is 0 Å². The molecule has 4 N–H and O–H groups in total. The number of nitrogens with zero attached hydrogens (tertiary/aromatic N) is 1. The van der Waals surface area contributed by atoms with Gasteiger partial charge in [-0.25, -0.2) is 0 Å². The Kier molecular flexibility index (Phi) is 3.55. The van der Waals surface area contributed by atoms with Crippen molar-refractivity contribution in [2.45, 2.75) is 13.3 Å². The minimum absolute atomic E-state index is 0.385. The molecule has 0 bridgehead atoms. The highest BCUT2D eigenvalue weighted by Gasteiger charge is 2.08. The van der Waals surface area contributed by atoms with E-state index in [1.807, 2.05) is 13.1 Å². The van der Waals surface area contributed by atoms with Gasteiger partial charge in [0.2, 0.25) is 0 Å². The average Bonchev–Trinajstić information content (AvgIpc) is 2.18. The molecule has 0 aliphatic carbocycles. The van der Waals surface area contributed by atoms with Crippen molar-refractivity contribution in [3.63, 3.8) is 0 Å². The van der Waals surface area contributed by atoms with Crippen LogP contribution in [0.25, 0.3) is 0 Å². The first-order valence-electron chi connectivity index (χ1n) is 4.96. The third kappa shape index (κ3) is 2.62. The van der Waals surface area contributed by atoms with Gasteiger partial charge in [-0.05, 0) is 24.6 Å². The second kappa shape index (κ2) is 4.68. The van der Waals surface area contributed by atoms with Crippen molar-refractivity contribution < 1.29 is 4.79 Å². The van der Waals surface area contributed by atoms with Crippen LogP contribution in [-0.2, 0) is 0 Å². The van der Waals surface area contributed by atoms with Crippen molar-refractivity contribution in [2.75, 3.05) is 24.2 Å². The van der Waals surface area contributed by atoms with Crippen LogP contribution in [0.2, 0.25) is 0 Å². The molecule has 1 aromatic rings. The summed E-state index contributed by atoms with van der Waals surface area (Å²) in [7, 11) is 1.97. The van der Waals surface area contributed by atoms with Gasteiger partial charge in [0, 0.05) is 25.0 Å². The Bertz CT molecular complexity index is 363. The van der Waals surface area contributed by atoms with Crippen LogP contribution in [0.5, 0.6) is 0 Å². The van der Waals surface area contributed by atoms with Gasteiger partial charge in [-0.1, -0.05) is 6.92 Å². The third-order valence-electron chi connectivity index (χ3n) is 2.30. The van der Waals surface area contributed by atoms with E-state index in [0.717, 1.165) is 18.7 Å². The molecule has 0 saturated carbocycles. The molecule has 1 rings (SSSR count). The van der Waals surface area contributed by atoms with E-state index in [9.17, 15) is 4.79 Å². The summed E-state index contributed by atoms with van der Waals surface area (Å²) in [6, 6.07) is 5.33. The van der Waals surface area contributed by atoms with Gasteiger partial charge >= 0.3 is 0 Å². The summed E-state index contributed by atoms with van der Waals surface area (Å²) in [6.45, 7) is 3.03. The maximum absolute atomic E-state index is 11.1. The number of carbonyl (C=O) groups excluding carboxylic acids is 1. The molecule has 0 heterocycles. The summed E-state index contributed by atoms with van der Waals surface area (Å²) in [5.41, 5.74) is 12.6. The highest BCUT2D eigenvalue weighted by molar-refractivity contribution is 5.99. The van der Waals surface area contributed by atoms with Crippen LogP contribution < -0.4 is 16.4 Å². The molecule has 4 nitrogen and oxygen atoms in total. The topological polar surface area (TPSA) is 72.3 Å². The van der Waals surface area contributed by atoms with E-state index in [2.05, 4.69) is 11.8 Å². The normalized spacial score (nSPS) is 10.0. The zero-order valence-corrected chi connectivity index (χ0v) is 9.16. The Morgan fingerprint density at radius 1 is 1.47 bits per heavy atom. The molecule has 0 unspecified atom stereocenters. The molecule has 0 fully saturated rings. The smallest absolute Gasteiger partial charge is 0.250 e. The van der Waals surface area contributed by atoms with Gasteiger partial charge in [-0.2, -0.15) is 0 Å². The zero-order chi connectivity index (χ0) is 11.4. The number of carbonyl (C=O) groups is 1. The Morgan fingerprint density at radius 2 is 2.13 bits per heavy atom. The summed E-state index contributed by atoms with van der Waals surface area (Å²) in [4.78, 5) is 13.1. The van der Waals surface area contributed by atoms with Crippen molar-refractivity contribution in [3.05, 3.63) is 23.8 Å². The van der Waals surface area contributed by atoms with Crippen LogP contribution in [0.4, 0.5) is 11.4 Å². The van der Waals surface area contributed by atoms with Gasteiger partial charge in [0.25, 0.3) is 5.91 Å². The Hall–Kier alpha value is -1.71. The SMILES string of the molecule is CCCN(C)c1ccc(N)c(C(N)=O)c1. The fourth-order valence-corrected chi connectivity index (χ4v) is 1.46. The maximum atomic E-state index is 11.1. The molecular weight excluding hydrogens is 190 g/mol. The number of benzene rings is 1. The maximum Gasteiger partial charge on any atom is 0.250 e. The molecule has 0 spiro atoms. The van der Waals surface area contributed by atoms with Crippen LogP contribution >= 0.6 is 0 Å². The molecule has 0 saturated heterocycles. The summed E-state index contributed by atoms with van der Waals surface area (Å²) in [5, 5.41) is 0. The van der Waals surface area contributed by atoms with Crippen molar-refractivity contribution in [1.82, 2.24) is 0 Å². The molecule has 0 atom stereocenters. The highest BCUT2D eigenvalue weighted by atomic mass is 16.1. The molecule has 15 heavy (non-hydrogen) atoms. The first-order chi connectivity index (χ1) is 7.06. The lowest BCUT2D eigenvalue weighted by atomic mass is 10.1. The van der Waals surface area contributed by atoms with Crippen molar-refractivity contribution in [3.8, 4) is 0 Å². The predicted molar refractivity (Wildman–Crippen MR) is 62.9 cm³/mol. The van der Waals surface area contributed by atoms with E-state index in [0.29, 0.717) is 11.3 Å². The Balaban J connectivity index is 3.02. The zero-order valence-electron chi connectivity index (χ0n) is 9.16. The lowest BCUT2D eigenvalue weighted by Crippen LogP contribution is -2.19. The molecule has 0 aliphatic rings. The number of rotatable bonds is 4. The second-order valence-corrected chi connectivity index (χ2v) is 3.56. The molecule has 0 aromatic heterocycles. The first-order valence-corrected chi connectivity index (χ1v) is 4.96. The van der Waals surface area contributed by atoms with E-state index < -0.39 is 5.91 Å². The Morgan fingerprint density at radius 3 is 2.67 bits per heavy atom. The van der Waals surface area contributed by atoms with E-state index in [1.165, 1.54) is 0 Å². The van der Waals surface area contributed by atoms with Crippen molar-refractivity contribution in [2.24, 2.45) is 5.73 Å². The van der Waals surface area contributed by atoms with E-state index in [4.69, 9.17) is 11.5 Å². The average molecular weight is 207 g/mol. The number of primary amides is 1. The second-order valence-electron chi connectivity index (χ2n) is 3.56. The van der Waals surface area contributed by atoms with Crippen molar-refractivity contribution in [1.29, 1.82) is 0 Å². The quantitative estimate of drug-likeness (QED) is 0.729. The molecule has 1 aromatic carbocycles. The van der Waals surface area contributed by atoms with E-state index in [-0.39, 0.29) is 0 Å². The van der Waals surface area contributed by atoms with Crippen LogP contribution in [-0.4, -0.2) is 19.5 Å². The van der Waals surface area contributed by atoms with Gasteiger partial charge in [0.05, 0.1) is 5.56 Å². The summed E-state index contributed by atoms with van der Waals surface area (Å²) in [6.07, 6.45) is 1.05. The largest absolute Gasteiger partial charge is 0.398 e. The summed E-state index contributed by atoms with van der Waals surface area (Å²) < 4.78 is 0. The summed E-state index contributed by atoms with van der Waals surface area (Å²) >= 11 is 0. The fourth-order valence-electron chi connectivity index (χ4n) is 1.46. The van der Waals surface area contributed by atoms with Crippen LogP contribution in [0.15, 0.2) is 18.2 Å². The lowest BCUT2D eigenvalue weighted by molar-refractivity contribution is 0.100. The first kappa shape index (κ1) is 11.4. The van der Waals surface area contributed by atoms with Gasteiger partial charge in [-0.15, -0.1) is 0 Å². The summed E-state index contributed by atoms with van der Waals surface area (Å²) in [5.74, 6) is -0.487. The predicted octanol–water partition coefficient (Wildman–Crippen LogP) is 1.21. The minimum Gasteiger partial charge on any atom is -0.398 e. The van der Waals surface area contributed by atoms with E-state index in [1.54, 1.807) is 12.1 Å². The van der Waals surface area contributed by atoms with Gasteiger partial charge in [0.15, 0.2) is 0 Å². The van der Waals surface area contributed by atoms with Gasteiger partial charge < -0.3 is 16.4 Å². The minimum atomic E-state index is -0.487. The van der Waals surface area contributed by atoms with Gasteiger partial charge in [0.1, 0.15) is 0 Å². The highest BCUT2D eigenvalue weighted by Crippen LogP contribution is 2.20. The fraction of sp³-hybridized carbons (Fsp3) is 0.364. The number of anilines is 2. The van der Waals surface area contributed by atoms with E-state index >= 15 is 0 Å². The monoisotopic (exact) mass is 207 g/mol. The number of amides is 1. The van der Waals surface area contributed by atoms with Crippen LogP contribution in [0, 0.1) is 0 Å². The Labute approximate surface area is 89.9 Å². The standard InChI is InChI=1S/C11H17N3O/c1-3-6-14(2)8-4-5-10(12)9(7-8)11(13)15/h4-5,7H,3,6,12H2,1-2H3,(H2,13,15). The molecule has 1 amide bonds. The molecule has 0 radical (unpaired) electrons. The number of hydrogen-bond donors (Lipinski definition) is 2. The molecular formula is C11H17N3O. The number of nitrogen functional groups attached to an aromatic ring is 1. The lowest BCUT2D eigenvalue weighted by Gasteiger charge is -2.19. The molecule has 82 valence electrons. The van der Waals surface area contributed by atoms with Gasteiger partial charge in [-0.3, -0.25) is 4.79 Å². The third-order valence-corrected chi connectivity index (χ3v) is 2.30.